The molecule has 3 heterocycles. The van der Waals surface area contributed by atoms with Gasteiger partial charge in [0.2, 0.25) is 0 Å². The summed E-state index contributed by atoms with van der Waals surface area (Å²) < 4.78 is 0. The Bertz CT molecular complexity index is 1150. The zero-order valence-corrected chi connectivity index (χ0v) is 13.5. The highest BCUT2D eigenvalue weighted by molar-refractivity contribution is 6.00. The summed E-state index contributed by atoms with van der Waals surface area (Å²) in [5.74, 6) is 0. The number of rotatable bonds is 2. The number of para-hydroxylation sites is 1. The first-order valence-corrected chi connectivity index (χ1v) is 8.15. The lowest BCUT2D eigenvalue weighted by Gasteiger charge is -2.19. The number of nitro benzene ring substituents is 1. The summed E-state index contributed by atoms with van der Waals surface area (Å²) in [6, 6.07) is 14.5. The maximum absolute atomic E-state index is 11.0. The molecule has 126 valence electrons. The van der Waals surface area contributed by atoms with E-state index in [0.29, 0.717) is 0 Å². The molecule has 0 saturated heterocycles. The number of aromatic nitrogens is 3. The SMILES string of the molecule is O=[N+]([O-])c1ccc(C2Nc3ccccc3-c3cnnc4[nH]cc2c34)cc1. The molecule has 0 bridgehead atoms. The molecule has 0 saturated carbocycles. The lowest BCUT2D eigenvalue weighted by molar-refractivity contribution is -0.384. The largest absolute Gasteiger partial charge is 0.374 e. The second-order valence-corrected chi connectivity index (χ2v) is 6.20. The third kappa shape index (κ3) is 2.07. The van der Waals surface area contributed by atoms with Crippen molar-refractivity contribution in [3.63, 3.8) is 0 Å². The highest BCUT2D eigenvalue weighted by Gasteiger charge is 2.26. The third-order valence-corrected chi connectivity index (χ3v) is 4.77. The Kier molecular flexibility index (Phi) is 3.02. The molecule has 5 rings (SSSR count). The molecule has 0 spiro atoms. The van der Waals surface area contributed by atoms with E-state index < -0.39 is 0 Å². The number of nitro groups is 1. The molecule has 2 aromatic carbocycles. The molecule has 0 aliphatic carbocycles. The van der Waals surface area contributed by atoms with Gasteiger partial charge in [-0.1, -0.05) is 18.2 Å². The summed E-state index contributed by atoms with van der Waals surface area (Å²) in [4.78, 5) is 13.7. The fraction of sp³-hybridized carbons (Fsp3) is 0.0526. The summed E-state index contributed by atoms with van der Waals surface area (Å²) in [6.45, 7) is 0. The molecule has 1 aliphatic heterocycles. The monoisotopic (exact) mass is 343 g/mol. The second-order valence-electron chi connectivity index (χ2n) is 6.20. The van der Waals surface area contributed by atoms with Crippen LogP contribution in [0.1, 0.15) is 17.2 Å². The van der Waals surface area contributed by atoms with Gasteiger partial charge in [0, 0.05) is 46.1 Å². The maximum atomic E-state index is 11.0. The van der Waals surface area contributed by atoms with E-state index in [1.807, 2.05) is 30.5 Å². The zero-order chi connectivity index (χ0) is 17.7. The fourth-order valence-electron chi connectivity index (χ4n) is 3.56. The van der Waals surface area contributed by atoms with E-state index in [0.717, 1.165) is 39.0 Å². The van der Waals surface area contributed by atoms with Crippen LogP contribution in [0.3, 0.4) is 0 Å². The van der Waals surface area contributed by atoms with Crippen LogP contribution in [0.2, 0.25) is 0 Å². The van der Waals surface area contributed by atoms with Crippen molar-refractivity contribution >= 4 is 22.4 Å². The number of nitrogens with one attached hydrogen (secondary N) is 2. The molecule has 1 aliphatic rings. The van der Waals surface area contributed by atoms with Gasteiger partial charge in [0.25, 0.3) is 5.69 Å². The van der Waals surface area contributed by atoms with E-state index in [4.69, 9.17) is 0 Å². The molecule has 7 heteroatoms. The summed E-state index contributed by atoms with van der Waals surface area (Å²) in [5.41, 5.74) is 5.83. The zero-order valence-electron chi connectivity index (χ0n) is 13.5. The Hall–Kier alpha value is -3.74. The van der Waals surface area contributed by atoms with E-state index in [1.54, 1.807) is 18.3 Å². The lowest BCUT2D eigenvalue weighted by Crippen LogP contribution is -2.11. The van der Waals surface area contributed by atoms with Crippen LogP contribution in [0, 0.1) is 10.1 Å². The Morgan fingerprint density at radius 2 is 1.85 bits per heavy atom. The number of benzene rings is 2. The van der Waals surface area contributed by atoms with Crippen molar-refractivity contribution < 1.29 is 4.92 Å². The molecule has 2 aromatic heterocycles. The predicted molar refractivity (Wildman–Crippen MR) is 97.9 cm³/mol. The molecule has 0 radical (unpaired) electrons. The number of hydrogen-bond donors (Lipinski definition) is 2. The number of aromatic amines is 1. The lowest BCUT2D eigenvalue weighted by atomic mass is 9.97. The van der Waals surface area contributed by atoms with Gasteiger partial charge < -0.3 is 10.3 Å². The minimum atomic E-state index is -0.390. The van der Waals surface area contributed by atoms with Gasteiger partial charge in [0.15, 0.2) is 5.65 Å². The van der Waals surface area contributed by atoms with Crippen molar-refractivity contribution in [2.45, 2.75) is 6.04 Å². The van der Waals surface area contributed by atoms with E-state index >= 15 is 0 Å². The highest BCUT2D eigenvalue weighted by Crippen LogP contribution is 2.43. The van der Waals surface area contributed by atoms with Crippen LogP contribution in [0.5, 0.6) is 0 Å². The Morgan fingerprint density at radius 3 is 2.65 bits per heavy atom. The van der Waals surface area contributed by atoms with Crippen molar-refractivity contribution in [3.8, 4) is 11.1 Å². The number of nitrogens with zero attached hydrogens (tertiary/aromatic N) is 3. The van der Waals surface area contributed by atoms with Gasteiger partial charge in [-0.2, -0.15) is 5.10 Å². The smallest absolute Gasteiger partial charge is 0.269 e. The number of hydrogen-bond acceptors (Lipinski definition) is 5. The maximum Gasteiger partial charge on any atom is 0.269 e. The molecule has 7 nitrogen and oxygen atoms in total. The van der Waals surface area contributed by atoms with E-state index in [2.05, 4.69) is 20.5 Å². The first-order chi connectivity index (χ1) is 12.7. The van der Waals surface area contributed by atoms with Crippen LogP contribution in [0.25, 0.3) is 22.2 Å². The number of H-pyrrole nitrogens is 1. The predicted octanol–water partition coefficient (Wildman–Crippen LogP) is 4.05. The van der Waals surface area contributed by atoms with E-state index in [-0.39, 0.29) is 16.7 Å². The van der Waals surface area contributed by atoms with Crippen molar-refractivity contribution in [3.05, 3.63) is 82.2 Å². The second kappa shape index (κ2) is 5.38. The van der Waals surface area contributed by atoms with Crippen LogP contribution in [0.15, 0.2) is 60.9 Å². The van der Waals surface area contributed by atoms with Crippen LogP contribution in [-0.2, 0) is 0 Å². The number of non-ortho nitro benzene ring substituents is 1. The normalized spacial score (nSPS) is 15.2. The average molecular weight is 343 g/mol. The number of fused-ring (bicyclic) bond motifs is 2. The molecule has 2 N–H and O–H groups in total. The summed E-state index contributed by atoms with van der Waals surface area (Å²) in [5, 5.41) is 23.9. The van der Waals surface area contributed by atoms with Crippen LogP contribution in [-0.4, -0.2) is 20.1 Å². The van der Waals surface area contributed by atoms with Gasteiger partial charge >= 0.3 is 0 Å². The first kappa shape index (κ1) is 14.6. The average Bonchev–Trinajstić information content (AvgIpc) is 3.04. The molecular weight excluding hydrogens is 330 g/mol. The quantitative estimate of drug-likeness (QED) is 0.423. The Labute approximate surface area is 147 Å². The fourth-order valence-corrected chi connectivity index (χ4v) is 3.56. The van der Waals surface area contributed by atoms with Gasteiger partial charge in [0.05, 0.1) is 17.2 Å². The van der Waals surface area contributed by atoms with Crippen molar-refractivity contribution in [1.82, 2.24) is 15.2 Å². The van der Waals surface area contributed by atoms with Gasteiger partial charge in [-0.05, 0) is 23.8 Å². The van der Waals surface area contributed by atoms with Crippen molar-refractivity contribution in [2.75, 3.05) is 5.32 Å². The van der Waals surface area contributed by atoms with Crippen LogP contribution >= 0.6 is 0 Å². The van der Waals surface area contributed by atoms with Gasteiger partial charge in [-0.25, -0.2) is 0 Å². The van der Waals surface area contributed by atoms with Crippen LogP contribution in [0.4, 0.5) is 11.4 Å². The van der Waals surface area contributed by atoms with Crippen molar-refractivity contribution in [2.24, 2.45) is 0 Å². The topological polar surface area (TPSA) is 96.7 Å². The molecule has 4 aromatic rings. The Morgan fingerprint density at radius 1 is 1.04 bits per heavy atom. The molecule has 0 amide bonds. The molecule has 0 fully saturated rings. The van der Waals surface area contributed by atoms with Crippen LogP contribution < -0.4 is 5.32 Å². The molecular formula is C19H13N5O2. The standard InChI is InChI=1S/C19H13N5O2/c25-24(26)12-7-5-11(6-8-12)18-15-9-20-19-17(15)14(10-21-23-19)13-3-1-2-4-16(13)22-18/h1-10,18,22H,(H,20,23). The van der Waals surface area contributed by atoms with Gasteiger partial charge in [-0.3, -0.25) is 10.1 Å². The summed E-state index contributed by atoms with van der Waals surface area (Å²) in [6.07, 6.45) is 3.70. The third-order valence-electron chi connectivity index (χ3n) is 4.77. The molecule has 1 unspecified atom stereocenters. The van der Waals surface area contributed by atoms with Gasteiger partial charge in [0.1, 0.15) is 0 Å². The minimum Gasteiger partial charge on any atom is -0.374 e. The van der Waals surface area contributed by atoms with Gasteiger partial charge in [-0.15, -0.1) is 5.10 Å². The highest BCUT2D eigenvalue weighted by atomic mass is 16.6. The van der Waals surface area contributed by atoms with E-state index in [1.165, 1.54) is 12.1 Å². The van der Waals surface area contributed by atoms with E-state index in [9.17, 15) is 10.1 Å². The minimum absolute atomic E-state index is 0.0771. The summed E-state index contributed by atoms with van der Waals surface area (Å²) >= 11 is 0. The van der Waals surface area contributed by atoms with Crippen molar-refractivity contribution in [1.29, 1.82) is 0 Å². The molecule has 1 atom stereocenters. The summed E-state index contributed by atoms with van der Waals surface area (Å²) in [7, 11) is 0. The first-order valence-electron chi connectivity index (χ1n) is 8.15. The number of anilines is 1. The molecule has 26 heavy (non-hydrogen) atoms. The Balaban J connectivity index is 1.76.